The van der Waals surface area contributed by atoms with E-state index >= 15 is 0 Å². The van der Waals surface area contributed by atoms with Gasteiger partial charge in [0.25, 0.3) is 0 Å². The summed E-state index contributed by atoms with van der Waals surface area (Å²) in [6.45, 7) is 1.62. The lowest BCUT2D eigenvalue weighted by molar-refractivity contribution is -0.116. The van der Waals surface area contributed by atoms with E-state index in [9.17, 15) is 17.6 Å². The highest BCUT2D eigenvalue weighted by atomic mass is 32.2. The average molecular weight is 380 g/mol. The van der Waals surface area contributed by atoms with Gasteiger partial charge in [-0.3, -0.25) is 4.79 Å². The van der Waals surface area contributed by atoms with Gasteiger partial charge in [0, 0.05) is 31.8 Å². The number of anilines is 1. The fourth-order valence-corrected chi connectivity index (χ4v) is 3.53. The summed E-state index contributed by atoms with van der Waals surface area (Å²) >= 11 is 0. The normalized spacial score (nSPS) is 12.8. The van der Waals surface area contributed by atoms with Crippen molar-refractivity contribution in [2.75, 3.05) is 24.8 Å². The Labute approximate surface area is 150 Å². The van der Waals surface area contributed by atoms with Crippen LogP contribution in [-0.4, -0.2) is 34.2 Å². The monoisotopic (exact) mass is 380 g/mol. The zero-order valence-corrected chi connectivity index (χ0v) is 14.8. The van der Waals surface area contributed by atoms with Crippen LogP contribution in [0.15, 0.2) is 47.4 Å². The summed E-state index contributed by atoms with van der Waals surface area (Å²) in [5.74, 6) is 0.356. The van der Waals surface area contributed by atoms with Crippen LogP contribution in [-0.2, 0) is 14.8 Å². The first-order chi connectivity index (χ1) is 12.4. The van der Waals surface area contributed by atoms with Crippen molar-refractivity contribution in [3.05, 3.63) is 48.3 Å². The number of rotatable bonds is 6. The van der Waals surface area contributed by atoms with Crippen LogP contribution in [0.25, 0.3) is 0 Å². The van der Waals surface area contributed by atoms with Crippen molar-refractivity contribution in [3.8, 4) is 11.5 Å². The molecule has 2 aromatic carbocycles. The minimum absolute atomic E-state index is 0.00622. The molecule has 1 aliphatic heterocycles. The van der Waals surface area contributed by atoms with E-state index in [0.29, 0.717) is 17.2 Å². The van der Waals surface area contributed by atoms with Gasteiger partial charge in [0.1, 0.15) is 5.82 Å². The molecular formula is C17H17FN2O5S. The lowest BCUT2D eigenvalue weighted by atomic mass is 10.2. The van der Waals surface area contributed by atoms with Gasteiger partial charge >= 0.3 is 0 Å². The van der Waals surface area contributed by atoms with Gasteiger partial charge in [0.2, 0.25) is 22.7 Å². The van der Waals surface area contributed by atoms with E-state index in [1.165, 1.54) is 24.0 Å². The predicted molar refractivity (Wildman–Crippen MR) is 92.2 cm³/mol. The number of halogens is 1. The van der Waals surface area contributed by atoms with Crippen molar-refractivity contribution in [3.63, 3.8) is 0 Å². The molecule has 0 aliphatic carbocycles. The Kier molecular flexibility index (Phi) is 5.10. The van der Waals surface area contributed by atoms with Gasteiger partial charge in [-0.05, 0) is 36.4 Å². The lowest BCUT2D eigenvalue weighted by Gasteiger charge is -2.21. The first kappa shape index (κ1) is 18.2. The van der Waals surface area contributed by atoms with Crippen LogP contribution < -0.4 is 19.1 Å². The molecule has 3 rings (SSSR count). The van der Waals surface area contributed by atoms with Crippen molar-refractivity contribution in [2.45, 2.75) is 11.8 Å². The molecule has 0 radical (unpaired) electrons. The number of amides is 1. The molecule has 9 heteroatoms. The van der Waals surface area contributed by atoms with Crippen molar-refractivity contribution < 1.29 is 27.1 Å². The van der Waals surface area contributed by atoms with Crippen LogP contribution in [0.4, 0.5) is 10.1 Å². The summed E-state index contributed by atoms with van der Waals surface area (Å²) in [6.07, 6.45) is 0. The lowest BCUT2D eigenvalue weighted by Crippen LogP contribution is -2.37. The first-order valence-electron chi connectivity index (χ1n) is 7.80. The Balaban J connectivity index is 1.68. The van der Waals surface area contributed by atoms with Gasteiger partial charge in [0.15, 0.2) is 11.5 Å². The summed E-state index contributed by atoms with van der Waals surface area (Å²) in [4.78, 5) is 13.3. The highest BCUT2D eigenvalue weighted by molar-refractivity contribution is 7.89. The van der Waals surface area contributed by atoms with Gasteiger partial charge in [-0.1, -0.05) is 0 Å². The number of hydrogen-bond donors (Lipinski definition) is 1. The summed E-state index contributed by atoms with van der Waals surface area (Å²) in [7, 11) is -3.79. The second kappa shape index (κ2) is 7.30. The highest BCUT2D eigenvalue weighted by Crippen LogP contribution is 2.35. The molecule has 0 saturated carbocycles. The van der Waals surface area contributed by atoms with Crippen LogP contribution >= 0.6 is 0 Å². The van der Waals surface area contributed by atoms with E-state index in [4.69, 9.17) is 9.47 Å². The Morgan fingerprint density at radius 1 is 1.15 bits per heavy atom. The molecule has 0 fully saturated rings. The number of carbonyl (C=O) groups is 1. The van der Waals surface area contributed by atoms with E-state index in [0.717, 1.165) is 12.1 Å². The van der Waals surface area contributed by atoms with E-state index in [1.54, 1.807) is 18.2 Å². The number of ether oxygens (including phenoxy) is 2. The molecule has 2 aromatic rings. The molecule has 0 aromatic heterocycles. The number of hydrogen-bond acceptors (Lipinski definition) is 5. The molecule has 26 heavy (non-hydrogen) atoms. The second-order valence-electron chi connectivity index (χ2n) is 5.56. The summed E-state index contributed by atoms with van der Waals surface area (Å²) in [6, 6.07) is 9.56. The third kappa shape index (κ3) is 3.94. The van der Waals surface area contributed by atoms with Gasteiger partial charge in [-0.25, -0.2) is 17.5 Å². The highest BCUT2D eigenvalue weighted by Gasteiger charge is 2.19. The van der Waals surface area contributed by atoms with Crippen LogP contribution in [0.2, 0.25) is 0 Å². The molecule has 1 aliphatic rings. The Morgan fingerprint density at radius 3 is 2.54 bits per heavy atom. The maximum Gasteiger partial charge on any atom is 0.240 e. The standard InChI is InChI=1S/C17H17FN2O5S/c1-12(21)20(14-4-7-16-17(10-14)25-11-24-16)9-8-19-26(22,23)15-5-2-13(18)3-6-15/h2-7,10,19H,8-9,11H2,1H3. The van der Waals surface area contributed by atoms with Gasteiger partial charge < -0.3 is 14.4 Å². The summed E-state index contributed by atoms with van der Waals surface area (Å²) in [5.41, 5.74) is 0.572. The predicted octanol–water partition coefficient (Wildman–Crippen LogP) is 1.89. The number of benzene rings is 2. The zero-order chi connectivity index (χ0) is 18.7. The largest absolute Gasteiger partial charge is 0.454 e. The molecule has 0 saturated heterocycles. The SMILES string of the molecule is CC(=O)N(CCNS(=O)(=O)c1ccc(F)cc1)c1ccc2c(c1)OCO2. The molecule has 1 heterocycles. The van der Waals surface area contributed by atoms with Crippen molar-refractivity contribution in [2.24, 2.45) is 0 Å². The molecule has 1 N–H and O–H groups in total. The van der Waals surface area contributed by atoms with E-state index in [-0.39, 0.29) is 30.7 Å². The topological polar surface area (TPSA) is 84.9 Å². The Morgan fingerprint density at radius 2 is 1.85 bits per heavy atom. The number of carbonyl (C=O) groups excluding carboxylic acids is 1. The quantitative estimate of drug-likeness (QED) is 0.827. The zero-order valence-electron chi connectivity index (χ0n) is 13.9. The summed E-state index contributed by atoms with van der Waals surface area (Å²) in [5, 5.41) is 0. The molecular weight excluding hydrogens is 363 g/mol. The number of fused-ring (bicyclic) bond motifs is 1. The van der Waals surface area contributed by atoms with E-state index < -0.39 is 15.8 Å². The molecule has 0 atom stereocenters. The molecule has 0 spiro atoms. The van der Waals surface area contributed by atoms with Crippen molar-refractivity contribution >= 4 is 21.6 Å². The fourth-order valence-electron chi connectivity index (χ4n) is 2.51. The van der Waals surface area contributed by atoms with Crippen molar-refractivity contribution in [1.29, 1.82) is 0 Å². The van der Waals surface area contributed by atoms with Crippen LogP contribution in [0.1, 0.15) is 6.92 Å². The maximum atomic E-state index is 12.9. The second-order valence-corrected chi connectivity index (χ2v) is 7.33. The molecule has 1 amide bonds. The van der Waals surface area contributed by atoms with Crippen LogP contribution in [0.5, 0.6) is 11.5 Å². The molecule has 0 unspecified atom stereocenters. The molecule has 7 nitrogen and oxygen atoms in total. The van der Waals surface area contributed by atoms with Gasteiger partial charge in [-0.15, -0.1) is 0 Å². The Hall–Kier alpha value is -2.65. The van der Waals surface area contributed by atoms with E-state index in [1.807, 2.05) is 0 Å². The minimum atomic E-state index is -3.79. The number of nitrogens with one attached hydrogen (secondary N) is 1. The van der Waals surface area contributed by atoms with Crippen LogP contribution in [0.3, 0.4) is 0 Å². The van der Waals surface area contributed by atoms with Crippen LogP contribution in [0, 0.1) is 5.82 Å². The number of sulfonamides is 1. The first-order valence-corrected chi connectivity index (χ1v) is 9.28. The molecule has 0 bridgehead atoms. The Bertz CT molecular complexity index is 915. The minimum Gasteiger partial charge on any atom is -0.454 e. The van der Waals surface area contributed by atoms with E-state index in [2.05, 4.69) is 4.72 Å². The van der Waals surface area contributed by atoms with Gasteiger partial charge in [-0.2, -0.15) is 0 Å². The average Bonchev–Trinajstić information content (AvgIpc) is 3.06. The molecule has 138 valence electrons. The third-order valence-corrected chi connectivity index (χ3v) is 5.28. The fraction of sp³-hybridized carbons (Fsp3) is 0.235. The number of nitrogens with zero attached hydrogens (tertiary/aromatic N) is 1. The maximum absolute atomic E-state index is 12.9. The van der Waals surface area contributed by atoms with Gasteiger partial charge in [0.05, 0.1) is 4.90 Å². The smallest absolute Gasteiger partial charge is 0.240 e. The van der Waals surface area contributed by atoms with Crippen molar-refractivity contribution in [1.82, 2.24) is 4.72 Å². The third-order valence-electron chi connectivity index (χ3n) is 3.80. The summed E-state index contributed by atoms with van der Waals surface area (Å²) < 4.78 is 50.3.